The monoisotopic (exact) mass is 409 g/mol. The molecule has 1 aromatic heterocycles. The highest BCUT2D eigenvalue weighted by Crippen LogP contribution is 2.30. The van der Waals surface area contributed by atoms with E-state index in [0.717, 1.165) is 29.6 Å². The lowest BCUT2D eigenvalue weighted by atomic mass is 10.1. The van der Waals surface area contributed by atoms with Gasteiger partial charge in [0, 0.05) is 23.1 Å². The van der Waals surface area contributed by atoms with Crippen molar-refractivity contribution in [3.63, 3.8) is 0 Å². The lowest BCUT2D eigenvalue weighted by Crippen LogP contribution is -2.14. The number of ether oxygens (including phenoxy) is 3. The van der Waals surface area contributed by atoms with Gasteiger partial charge in [0.25, 0.3) is 0 Å². The SMILES string of the molecule is CCOC(=O)COc1ccc2c(c1)c(C(=O)OCC)c(C)n2CCc1ccccc1. The molecule has 3 aromatic rings. The van der Waals surface area contributed by atoms with Gasteiger partial charge in [-0.3, -0.25) is 0 Å². The normalized spacial score (nSPS) is 10.8. The number of rotatable bonds is 9. The van der Waals surface area contributed by atoms with E-state index in [1.165, 1.54) is 5.56 Å². The predicted molar refractivity (Wildman–Crippen MR) is 115 cm³/mol. The van der Waals surface area contributed by atoms with Crippen molar-refractivity contribution in [3.05, 3.63) is 65.4 Å². The van der Waals surface area contributed by atoms with Crippen molar-refractivity contribution in [2.24, 2.45) is 0 Å². The molecule has 158 valence electrons. The van der Waals surface area contributed by atoms with E-state index in [-0.39, 0.29) is 12.6 Å². The predicted octanol–water partition coefficient (Wildman–Crippen LogP) is 4.31. The van der Waals surface area contributed by atoms with Crippen molar-refractivity contribution in [3.8, 4) is 5.75 Å². The molecule has 6 nitrogen and oxygen atoms in total. The molecular weight excluding hydrogens is 382 g/mol. The van der Waals surface area contributed by atoms with Gasteiger partial charge in [-0.25, -0.2) is 9.59 Å². The zero-order chi connectivity index (χ0) is 21.5. The average molecular weight is 409 g/mol. The largest absolute Gasteiger partial charge is 0.482 e. The first kappa shape index (κ1) is 21.4. The maximum Gasteiger partial charge on any atom is 0.344 e. The second kappa shape index (κ2) is 9.96. The van der Waals surface area contributed by atoms with Crippen molar-refractivity contribution in [2.75, 3.05) is 19.8 Å². The smallest absolute Gasteiger partial charge is 0.344 e. The molecule has 0 radical (unpaired) electrons. The van der Waals surface area contributed by atoms with E-state index in [0.29, 0.717) is 24.5 Å². The number of nitrogens with zero attached hydrogens (tertiary/aromatic N) is 1. The van der Waals surface area contributed by atoms with Gasteiger partial charge in [-0.1, -0.05) is 30.3 Å². The van der Waals surface area contributed by atoms with Crippen molar-refractivity contribution in [2.45, 2.75) is 33.7 Å². The Kier molecular flexibility index (Phi) is 7.12. The first-order valence-corrected chi connectivity index (χ1v) is 10.2. The molecule has 2 aromatic carbocycles. The number of carbonyl (C=O) groups is 2. The summed E-state index contributed by atoms with van der Waals surface area (Å²) in [6.07, 6.45) is 0.842. The molecule has 0 aliphatic heterocycles. The molecule has 0 unspecified atom stereocenters. The summed E-state index contributed by atoms with van der Waals surface area (Å²) >= 11 is 0. The van der Waals surface area contributed by atoms with E-state index in [1.54, 1.807) is 26.0 Å². The molecule has 1 heterocycles. The first-order chi connectivity index (χ1) is 14.5. The lowest BCUT2D eigenvalue weighted by Gasteiger charge is -2.09. The summed E-state index contributed by atoms with van der Waals surface area (Å²) in [5.41, 5.74) is 3.53. The van der Waals surface area contributed by atoms with Crippen LogP contribution < -0.4 is 4.74 Å². The van der Waals surface area contributed by atoms with Gasteiger partial charge >= 0.3 is 11.9 Å². The maximum absolute atomic E-state index is 12.7. The fraction of sp³-hybridized carbons (Fsp3) is 0.333. The molecule has 0 aliphatic carbocycles. The highest BCUT2D eigenvalue weighted by Gasteiger charge is 2.21. The van der Waals surface area contributed by atoms with Crippen LogP contribution >= 0.6 is 0 Å². The minimum absolute atomic E-state index is 0.179. The molecule has 30 heavy (non-hydrogen) atoms. The van der Waals surface area contributed by atoms with Gasteiger partial charge in [-0.15, -0.1) is 0 Å². The van der Waals surface area contributed by atoms with Crippen LogP contribution in [0.15, 0.2) is 48.5 Å². The molecule has 0 spiro atoms. The standard InChI is InChI=1S/C24H27NO5/c1-4-28-22(26)16-30-19-11-12-21-20(15-19)23(24(27)29-5-2)17(3)25(21)14-13-18-9-7-6-8-10-18/h6-12,15H,4-5,13-14,16H2,1-3H3. The maximum atomic E-state index is 12.7. The molecule has 6 heteroatoms. The van der Waals surface area contributed by atoms with E-state index < -0.39 is 5.97 Å². The van der Waals surface area contributed by atoms with Gasteiger partial charge in [-0.2, -0.15) is 0 Å². The number of hydrogen-bond acceptors (Lipinski definition) is 5. The Hall–Kier alpha value is -3.28. The molecule has 0 aliphatic rings. The van der Waals surface area contributed by atoms with Crippen LogP contribution in [0.5, 0.6) is 5.75 Å². The summed E-state index contributed by atoms with van der Waals surface area (Å²) in [6, 6.07) is 15.7. The van der Waals surface area contributed by atoms with Gasteiger partial charge in [-0.05, 0) is 51.0 Å². The Morgan fingerprint density at radius 3 is 2.40 bits per heavy atom. The quantitative estimate of drug-likeness (QED) is 0.493. The van der Waals surface area contributed by atoms with E-state index >= 15 is 0 Å². The van der Waals surface area contributed by atoms with Crippen LogP contribution in [0.3, 0.4) is 0 Å². The summed E-state index contributed by atoms with van der Waals surface area (Å²) in [6.45, 7) is 6.62. The van der Waals surface area contributed by atoms with Gasteiger partial charge in [0.2, 0.25) is 0 Å². The number of fused-ring (bicyclic) bond motifs is 1. The summed E-state index contributed by atoms with van der Waals surface area (Å²) in [5.74, 6) is -0.290. The lowest BCUT2D eigenvalue weighted by molar-refractivity contribution is -0.145. The van der Waals surface area contributed by atoms with Crippen LogP contribution in [0, 0.1) is 6.92 Å². The minimum atomic E-state index is -0.431. The molecule has 0 saturated carbocycles. The van der Waals surface area contributed by atoms with Gasteiger partial charge in [0.15, 0.2) is 6.61 Å². The van der Waals surface area contributed by atoms with Crippen molar-refractivity contribution < 1.29 is 23.8 Å². The topological polar surface area (TPSA) is 66.8 Å². The minimum Gasteiger partial charge on any atom is -0.482 e. The van der Waals surface area contributed by atoms with Crippen molar-refractivity contribution >= 4 is 22.8 Å². The first-order valence-electron chi connectivity index (χ1n) is 10.2. The van der Waals surface area contributed by atoms with Crippen LogP contribution in [-0.4, -0.2) is 36.3 Å². The summed E-state index contributed by atoms with van der Waals surface area (Å²) in [5, 5.41) is 0.750. The van der Waals surface area contributed by atoms with Crippen LogP contribution in [0.1, 0.15) is 35.5 Å². The second-order valence-electron chi connectivity index (χ2n) is 6.84. The van der Waals surface area contributed by atoms with Crippen LogP contribution in [-0.2, 0) is 27.2 Å². The molecule has 3 rings (SSSR count). The molecule has 0 fully saturated rings. The number of aromatic nitrogens is 1. The highest BCUT2D eigenvalue weighted by molar-refractivity contribution is 6.06. The number of hydrogen-bond donors (Lipinski definition) is 0. The number of benzene rings is 2. The summed E-state index contributed by atoms with van der Waals surface area (Å²) in [4.78, 5) is 24.3. The van der Waals surface area contributed by atoms with E-state index in [1.807, 2.05) is 31.2 Å². The molecule has 0 bridgehead atoms. The van der Waals surface area contributed by atoms with E-state index in [9.17, 15) is 9.59 Å². The second-order valence-corrected chi connectivity index (χ2v) is 6.84. The van der Waals surface area contributed by atoms with Crippen molar-refractivity contribution in [1.29, 1.82) is 0 Å². The van der Waals surface area contributed by atoms with E-state index in [4.69, 9.17) is 14.2 Å². The molecule has 0 N–H and O–H groups in total. The summed E-state index contributed by atoms with van der Waals surface area (Å²) < 4.78 is 17.9. The van der Waals surface area contributed by atoms with Crippen LogP contribution in [0.4, 0.5) is 0 Å². The van der Waals surface area contributed by atoms with Crippen LogP contribution in [0.2, 0.25) is 0 Å². The summed E-state index contributed by atoms with van der Waals surface area (Å²) in [7, 11) is 0. The molecular formula is C24H27NO5. The molecule has 0 atom stereocenters. The highest BCUT2D eigenvalue weighted by atomic mass is 16.6. The third-order valence-corrected chi connectivity index (χ3v) is 4.90. The van der Waals surface area contributed by atoms with Gasteiger partial charge in [0.05, 0.1) is 18.8 Å². The zero-order valence-electron chi connectivity index (χ0n) is 17.6. The number of esters is 2. The Morgan fingerprint density at radius 1 is 0.967 bits per heavy atom. The Labute approximate surface area is 176 Å². The number of aryl methyl sites for hydroxylation is 2. The van der Waals surface area contributed by atoms with Crippen LogP contribution in [0.25, 0.3) is 10.9 Å². The fourth-order valence-electron chi connectivity index (χ4n) is 3.53. The average Bonchev–Trinajstić information content (AvgIpc) is 3.02. The fourth-order valence-corrected chi connectivity index (χ4v) is 3.53. The Balaban J connectivity index is 1.94. The van der Waals surface area contributed by atoms with E-state index in [2.05, 4.69) is 16.7 Å². The van der Waals surface area contributed by atoms with Gasteiger partial charge < -0.3 is 18.8 Å². The third-order valence-electron chi connectivity index (χ3n) is 4.90. The Bertz CT molecular complexity index is 1020. The van der Waals surface area contributed by atoms with Crippen molar-refractivity contribution in [1.82, 2.24) is 4.57 Å². The zero-order valence-corrected chi connectivity index (χ0v) is 17.6. The van der Waals surface area contributed by atoms with Gasteiger partial charge in [0.1, 0.15) is 5.75 Å². The third kappa shape index (κ3) is 4.82. The molecule has 0 saturated heterocycles. The number of carbonyl (C=O) groups excluding carboxylic acids is 2. The Morgan fingerprint density at radius 2 is 1.70 bits per heavy atom. The molecule has 0 amide bonds.